The van der Waals surface area contributed by atoms with E-state index in [1.807, 2.05) is 91.0 Å². The van der Waals surface area contributed by atoms with Crippen LogP contribution in [0.15, 0.2) is 394 Å². The van der Waals surface area contributed by atoms with Crippen molar-refractivity contribution >= 4 is 59.7 Å². The summed E-state index contributed by atoms with van der Waals surface area (Å²) in [6.07, 6.45) is -36.6. The van der Waals surface area contributed by atoms with Crippen molar-refractivity contribution in [3.05, 3.63) is 467 Å². The second kappa shape index (κ2) is 51.1. The molecule has 4 aliphatic rings. The molecule has 0 amide bonds. The summed E-state index contributed by atoms with van der Waals surface area (Å²) in [6.45, 7) is -3.50. The molecular formula is C116H102O31. The fourth-order valence-corrected chi connectivity index (χ4v) is 17.0. The Kier molecular flexibility index (Phi) is 35.6. The van der Waals surface area contributed by atoms with Crippen LogP contribution in [0.5, 0.6) is 0 Å². The smallest absolute Gasteiger partial charge is 0.338 e. The van der Waals surface area contributed by atoms with Crippen LogP contribution in [0.2, 0.25) is 0 Å². The summed E-state index contributed by atoms with van der Waals surface area (Å²) in [5, 5.41) is 0. The van der Waals surface area contributed by atoms with Gasteiger partial charge in [-0.3, -0.25) is 0 Å². The molecule has 4 saturated heterocycles. The highest BCUT2D eigenvalue weighted by molar-refractivity contribution is 5.95. The van der Waals surface area contributed by atoms with Gasteiger partial charge >= 0.3 is 59.7 Å². The molecule has 147 heavy (non-hydrogen) atoms. The number of benzene rings is 13. The first-order chi connectivity index (χ1) is 72.0. The molecular weight excluding hydrogens is 1890 g/mol. The molecule has 0 bridgehead atoms. The zero-order valence-electron chi connectivity index (χ0n) is 79.2. The summed E-state index contributed by atoms with van der Waals surface area (Å²) < 4.78 is 142. The molecule has 20 atom stereocenters. The molecule has 31 nitrogen and oxygen atoms in total. The van der Waals surface area contributed by atoms with Crippen LogP contribution in [0.1, 0.15) is 120 Å². The Balaban J connectivity index is 0.809. The van der Waals surface area contributed by atoms with Gasteiger partial charge in [0, 0.05) is 7.11 Å². The standard InChI is InChI=1S/C116H102O31/c1-127-113-99(130-69-76-45-19-4-20-46-76)95(129-68-75-43-17-3-18-44-75)91(128-67-74-41-15-2-16-42-74)87(135-113)71-132-114-101(146-111(125)85-63-37-13-38-64-85)97(143-108(122)82-57-31-10-32-58-82)93(140-105(119)79-51-25-7-26-52-79)89(137-114)73-134-116-102(147-112(126)86-65-39-14-40-66-86)98(144-109(123)83-59-33-11-34-60-83)94(141-106(120)80-53-27-8-28-54-80)90(138-116)72-133-115-100(145-110(124)84-61-35-12-36-62-84)96(142-107(121)81-55-29-9-30-56-81)92(139-104(118)78-49-23-6-24-50-78)88(136-115)70-131-103(117)77-47-21-5-22-48-77/h2-66,87-102,113-116H,67-73H2,1H3/t87-,88-,89-,90-,91-,92-,93-,94+,95+,96+,97+,98+,99-,100-,101-,102-,113+,114-,115-,116-/m1/s1. The quantitative estimate of drug-likeness (QED) is 0.0254. The molecule has 4 fully saturated rings. The monoisotopic (exact) mass is 1990 g/mol. The number of methoxy groups -OCH3 is 1. The first-order valence-corrected chi connectivity index (χ1v) is 47.5. The van der Waals surface area contributed by atoms with Crippen LogP contribution in [0, 0.1) is 0 Å². The van der Waals surface area contributed by atoms with Crippen LogP contribution in [-0.2, 0) is 119 Å². The minimum Gasteiger partial charge on any atom is -0.459 e. The largest absolute Gasteiger partial charge is 0.459 e. The van der Waals surface area contributed by atoms with Crippen molar-refractivity contribution in [3.63, 3.8) is 0 Å². The van der Waals surface area contributed by atoms with Gasteiger partial charge in [-0.1, -0.05) is 273 Å². The Hall–Kier alpha value is -15.9. The van der Waals surface area contributed by atoms with E-state index in [1.165, 1.54) is 165 Å². The maximum Gasteiger partial charge on any atom is 0.338 e. The number of esters is 10. The normalized spacial score (nSPS) is 23.5. The summed E-state index contributed by atoms with van der Waals surface area (Å²) in [5.74, 6) is -10.6. The Morgan fingerprint density at radius 2 is 0.354 bits per heavy atom. The van der Waals surface area contributed by atoms with Gasteiger partial charge in [0.2, 0.25) is 0 Å². The second-order valence-corrected chi connectivity index (χ2v) is 34.3. The molecule has 13 aromatic rings. The van der Waals surface area contributed by atoms with E-state index in [9.17, 15) is 9.59 Å². The lowest BCUT2D eigenvalue weighted by Crippen LogP contribution is -2.66. The highest BCUT2D eigenvalue weighted by Crippen LogP contribution is 2.40. The molecule has 0 spiro atoms. The number of carbonyl (C=O) groups excluding carboxylic acids is 10. The van der Waals surface area contributed by atoms with Crippen molar-refractivity contribution in [2.75, 3.05) is 33.5 Å². The van der Waals surface area contributed by atoms with Crippen LogP contribution in [-0.4, -0.2) is 216 Å². The molecule has 0 unspecified atom stereocenters. The number of hydrogen-bond donors (Lipinski definition) is 0. The highest BCUT2D eigenvalue weighted by Gasteiger charge is 2.60. The van der Waals surface area contributed by atoms with Crippen LogP contribution < -0.4 is 0 Å². The zero-order valence-corrected chi connectivity index (χ0v) is 79.2. The fourth-order valence-electron chi connectivity index (χ4n) is 17.0. The average Bonchev–Trinajstić information content (AvgIpc) is 0.758. The van der Waals surface area contributed by atoms with Gasteiger partial charge in [-0.15, -0.1) is 0 Å². The molecule has 4 aliphatic heterocycles. The molecule has 0 aromatic heterocycles. The fraction of sp³-hybridized carbons (Fsp3) is 0.241. The predicted octanol–water partition coefficient (Wildman–Crippen LogP) is 16.2. The SMILES string of the molecule is CO[C@H]1O[C@H](CO[C@@H]2O[C@H](CO[C@@H]3O[C@H](CO[C@@H]4O[C@H](COC(=O)c5ccccc5)[C@@H](OC(=O)c5ccccc5)[C@H](OC(=O)c5ccccc5)[C@H]4OC(=O)c4ccccc4)[C@H](OC(=O)c4ccccc4)[C@H](OC(=O)c4ccccc4)[C@H]3OC(=O)c3ccccc3)[C@@H](OC(=O)c3ccccc3)[C@H](OC(=O)c3ccccc3)[C@H]2OC(=O)c2ccccc2)[C@@H](OCc2ccccc2)[C@H](OCc2ccccc2)[C@H]1OCc1ccccc1. The third-order valence-corrected chi connectivity index (χ3v) is 24.4. The first kappa shape index (κ1) is 103. The molecule has 4 heterocycles. The van der Waals surface area contributed by atoms with Crippen molar-refractivity contribution in [2.24, 2.45) is 0 Å². The molecule has 0 N–H and O–H groups in total. The molecule has 752 valence electrons. The summed E-state index contributed by atoms with van der Waals surface area (Å²) in [7, 11) is 1.42. The molecule has 0 saturated carbocycles. The lowest BCUT2D eigenvalue weighted by molar-refractivity contribution is -0.349. The maximum atomic E-state index is 15.5. The van der Waals surface area contributed by atoms with E-state index in [0.29, 0.717) is 0 Å². The van der Waals surface area contributed by atoms with E-state index in [1.54, 1.807) is 146 Å². The molecule has 0 aliphatic carbocycles. The lowest BCUT2D eigenvalue weighted by atomic mass is 9.96. The number of rotatable bonds is 40. The maximum absolute atomic E-state index is 15.5. The van der Waals surface area contributed by atoms with Gasteiger partial charge in [0.15, 0.2) is 80.1 Å². The third-order valence-electron chi connectivity index (χ3n) is 24.4. The van der Waals surface area contributed by atoms with Gasteiger partial charge in [0.1, 0.15) is 49.3 Å². The number of hydrogen-bond acceptors (Lipinski definition) is 31. The Bertz CT molecular complexity index is 6450. The van der Waals surface area contributed by atoms with Crippen LogP contribution in [0.3, 0.4) is 0 Å². The van der Waals surface area contributed by atoms with E-state index in [0.717, 1.165) is 16.7 Å². The van der Waals surface area contributed by atoms with Crippen LogP contribution in [0.25, 0.3) is 0 Å². The van der Waals surface area contributed by atoms with E-state index < -0.39 is 209 Å². The topological polar surface area (TPSA) is 365 Å². The summed E-state index contributed by atoms with van der Waals surface area (Å²) >= 11 is 0. The molecule has 13 aromatic carbocycles. The number of ether oxygens (including phenoxy) is 21. The Morgan fingerprint density at radius 1 is 0.177 bits per heavy atom. The van der Waals surface area contributed by atoms with Crippen molar-refractivity contribution in [1.29, 1.82) is 0 Å². The van der Waals surface area contributed by atoms with Gasteiger partial charge in [0.25, 0.3) is 0 Å². The van der Waals surface area contributed by atoms with Crippen molar-refractivity contribution in [3.8, 4) is 0 Å². The Labute approximate surface area is 845 Å². The average molecular weight is 1990 g/mol. The summed E-state index contributed by atoms with van der Waals surface area (Å²) in [5.41, 5.74) is 1.80. The van der Waals surface area contributed by atoms with Crippen LogP contribution >= 0.6 is 0 Å². The summed E-state index contributed by atoms with van der Waals surface area (Å²) in [4.78, 5) is 152. The van der Waals surface area contributed by atoms with Crippen molar-refractivity contribution < 1.29 is 147 Å². The van der Waals surface area contributed by atoms with Gasteiger partial charge < -0.3 is 99.5 Å². The predicted molar refractivity (Wildman–Crippen MR) is 522 cm³/mol. The van der Waals surface area contributed by atoms with E-state index in [4.69, 9.17) is 99.5 Å². The Morgan fingerprint density at radius 3 is 0.585 bits per heavy atom. The van der Waals surface area contributed by atoms with Crippen molar-refractivity contribution in [2.45, 2.75) is 143 Å². The number of carbonyl (C=O) groups is 10. The minimum absolute atomic E-state index is 0.0115. The van der Waals surface area contributed by atoms with Gasteiger partial charge in [-0.2, -0.15) is 0 Å². The zero-order chi connectivity index (χ0) is 102. The van der Waals surface area contributed by atoms with E-state index in [-0.39, 0.29) is 75.5 Å². The minimum atomic E-state index is -2.25. The molecule has 31 heteroatoms. The lowest BCUT2D eigenvalue weighted by Gasteiger charge is -2.48. The van der Waals surface area contributed by atoms with Crippen molar-refractivity contribution in [1.82, 2.24) is 0 Å². The van der Waals surface area contributed by atoms with Gasteiger partial charge in [0.05, 0.1) is 95.3 Å². The molecule has 0 radical (unpaired) electrons. The van der Waals surface area contributed by atoms with E-state index >= 15 is 38.4 Å². The van der Waals surface area contributed by atoms with E-state index in [2.05, 4.69) is 0 Å². The second-order valence-electron chi connectivity index (χ2n) is 34.3. The summed E-state index contributed by atoms with van der Waals surface area (Å²) in [6, 6.07) is 104. The first-order valence-electron chi connectivity index (χ1n) is 47.5. The highest BCUT2D eigenvalue weighted by atomic mass is 16.8. The van der Waals surface area contributed by atoms with Gasteiger partial charge in [-0.25, -0.2) is 47.9 Å². The van der Waals surface area contributed by atoms with Crippen LogP contribution in [0.4, 0.5) is 0 Å². The molecule has 17 rings (SSSR count). The third kappa shape index (κ3) is 27.0. The van der Waals surface area contributed by atoms with Gasteiger partial charge in [-0.05, 0) is 138 Å².